The van der Waals surface area contributed by atoms with Crippen molar-refractivity contribution >= 4 is 17.2 Å². The highest BCUT2D eigenvalue weighted by Gasteiger charge is 2.26. The number of aryl methyl sites for hydroxylation is 1. The average molecular weight is 291 g/mol. The van der Waals surface area contributed by atoms with Gasteiger partial charge in [-0.05, 0) is 32.0 Å². The van der Waals surface area contributed by atoms with Crippen molar-refractivity contribution < 1.29 is 9.53 Å². The first kappa shape index (κ1) is 13.3. The molecule has 20 heavy (non-hydrogen) atoms. The van der Waals surface area contributed by atoms with Crippen LogP contribution < -0.4 is 0 Å². The second kappa shape index (κ2) is 5.38. The van der Waals surface area contributed by atoms with Crippen molar-refractivity contribution in [3.05, 3.63) is 28.8 Å². The first-order valence-corrected chi connectivity index (χ1v) is 7.48. The van der Waals surface area contributed by atoms with E-state index in [1.165, 1.54) is 4.88 Å². The third-order valence-electron chi connectivity index (χ3n) is 3.43. The van der Waals surface area contributed by atoms with Gasteiger partial charge >= 0.3 is 0 Å². The molecule has 1 N–H and O–H groups in total. The van der Waals surface area contributed by atoms with E-state index in [9.17, 15) is 4.79 Å². The minimum atomic E-state index is -0.0309. The Labute approximate surface area is 121 Å². The third kappa shape index (κ3) is 2.48. The fourth-order valence-electron chi connectivity index (χ4n) is 2.31. The number of ether oxygens (including phenoxy) is 1. The lowest BCUT2D eigenvalue weighted by atomic mass is 10.2. The van der Waals surface area contributed by atoms with Crippen LogP contribution in [0.5, 0.6) is 0 Å². The van der Waals surface area contributed by atoms with Crippen molar-refractivity contribution in [2.75, 3.05) is 19.8 Å². The summed E-state index contributed by atoms with van der Waals surface area (Å²) in [4.78, 5) is 16.6. The molecule has 6 heteroatoms. The van der Waals surface area contributed by atoms with Gasteiger partial charge < -0.3 is 9.64 Å². The average Bonchev–Trinajstić information content (AvgIpc) is 3.07. The van der Waals surface area contributed by atoms with Crippen LogP contribution in [0.3, 0.4) is 0 Å². The first-order chi connectivity index (χ1) is 9.65. The van der Waals surface area contributed by atoms with E-state index in [0.29, 0.717) is 25.5 Å². The predicted octanol–water partition coefficient (Wildman–Crippen LogP) is 2.31. The number of aromatic nitrogens is 2. The van der Waals surface area contributed by atoms with Gasteiger partial charge in [0.1, 0.15) is 0 Å². The van der Waals surface area contributed by atoms with Crippen LogP contribution >= 0.6 is 11.3 Å². The van der Waals surface area contributed by atoms with Crippen LogP contribution in [-0.2, 0) is 4.74 Å². The van der Waals surface area contributed by atoms with Gasteiger partial charge in [-0.1, -0.05) is 0 Å². The minimum Gasteiger partial charge on any atom is -0.377 e. The number of carbonyl (C=O) groups is 1. The quantitative estimate of drug-likeness (QED) is 0.923. The fraction of sp³-hybridized carbons (Fsp3) is 0.429. The van der Waals surface area contributed by atoms with Crippen LogP contribution in [0, 0.1) is 6.92 Å². The van der Waals surface area contributed by atoms with Gasteiger partial charge in [0.05, 0.1) is 29.8 Å². The maximum absolute atomic E-state index is 12.5. The highest BCUT2D eigenvalue weighted by Crippen LogP contribution is 2.26. The van der Waals surface area contributed by atoms with Crippen LogP contribution in [0.25, 0.3) is 10.6 Å². The van der Waals surface area contributed by atoms with Crippen LogP contribution in [0.4, 0.5) is 0 Å². The molecule has 1 aliphatic rings. The molecule has 1 atom stereocenters. The van der Waals surface area contributed by atoms with Gasteiger partial charge in [0.25, 0.3) is 5.91 Å². The van der Waals surface area contributed by atoms with E-state index in [1.54, 1.807) is 11.3 Å². The van der Waals surface area contributed by atoms with E-state index in [1.807, 2.05) is 24.0 Å². The Kier molecular flexibility index (Phi) is 3.58. The number of nitrogens with one attached hydrogen (secondary N) is 1. The van der Waals surface area contributed by atoms with E-state index < -0.39 is 0 Å². The summed E-state index contributed by atoms with van der Waals surface area (Å²) >= 11 is 1.69. The summed E-state index contributed by atoms with van der Waals surface area (Å²) < 4.78 is 5.35. The van der Waals surface area contributed by atoms with Crippen LogP contribution in [-0.4, -0.2) is 46.8 Å². The smallest absolute Gasteiger partial charge is 0.274 e. The number of H-pyrrole nitrogens is 1. The first-order valence-electron chi connectivity index (χ1n) is 6.66. The summed E-state index contributed by atoms with van der Waals surface area (Å²) in [6, 6.07) is 6.03. The molecule has 3 heterocycles. The zero-order chi connectivity index (χ0) is 14.1. The topological polar surface area (TPSA) is 58.2 Å². The number of aromatic amines is 1. The van der Waals surface area contributed by atoms with Gasteiger partial charge in [-0.25, -0.2) is 0 Å². The highest BCUT2D eigenvalue weighted by molar-refractivity contribution is 7.15. The van der Waals surface area contributed by atoms with E-state index in [2.05, 4.69) is 23.2 Å². The Bertz CT molecular complexity index is 619. The van der Waals surface area contributed by atoms with Crippen molar-refractivity contribution in [3.63, 3.8) is 0 Å². The number of morpholine rings is 1. The number of hydrogen-bond acceptors (Lipinski definition) is 4. The molecule has 3 rings (SSSR count). The van der Waals surface area contributed by atoms with Crippen LogP contribution in [0.1, 0.15) is 22.3 Å². The molecule has 1 aliphatic heterocycles. The SMILES string of the molecule is Cc1ccc(-c2cc(C(=O)N3CCOC[C@H]3C)n[nH]2)s1. The number of hydrogen-bond donors (Lipinski definition) is 1. The molecule has 1 saturated heterocycles. The van der Waals surface area contributed by atoms with Gasteiger partial charge in [-0.2, -0.15) is 5.10 Å². The molecule has 0 bridgehead atoms. The lowest BCUT2D eigenvalue weighted by Gasteiger charge is -2.32. The fourth-order valence-corrected chi connectivity index (χ4v) is 3.15. The zero-order valence-corrected chi connectivity index (χ0v) is 12.4. The van der Waals surface area contributed by atoms with Crippen molar-refractivity contribution in [1.82, 2.24) is 15.1 Å². The Hall–Kier alpha value is -1.66. The predicted molar refractivity (Wildman–Crippen MR) is 78.0 cm³/mol. The monoisotopic (exact) mass is 291 g/mol. The van der Waals surface area contributed by atoms with Gasteiger partial charge in [0.15, 0.2) is 5.69 Å². The maximum Gasteiger partial charge on any atom is 0.274 e. The van der Waals surface area contributed by atoms with Gasteiger partial charge in [0, 0.05) is 11.4 Å². The molecular formula is C14H17N3O2S. The summed E-state index contributed by atoms with van der Waals surface area (Å²) in [6.45, 7) is 5.87. The molecule has 0 spiro atoms. The second-order valence-electron chi connectivity index (χ2n) is 5.00. The number of rotatable bonds is 2. The second-order valence-corrected chi connectivity index (χ2v) is 6.29. The summed E-state index contributed by atoms with van der Waals surface area (Å²) in [5.41, 5.74) is 1.37. The molecule has 0 aliphatic carbocycles. The Morgan fingerprint density at radius 3 is 3.10 bits per heavy atom. The molecule has 0 unspecified atom stereocenters. The summed E-state index contributed by atoms with van der Waals surface area (Å²) in [5, 5.41) is 7.11. The van der Waals surface area contributed by atoms with Crippen LogP contribution in [0.2, 0.25) is 0 Å². The molecule has 2 aromatic rings. The Morgan fingerprint density at radius 2 is 2.40 bits per heavy atom. The minimum absolute atomic E-state index is 0.0309. The normalized spacial score (nSPS) is 19.3. The third-order valence-corrected chi connectivity index (χ3v) is 4.47. The molecule has 1 amide bonds. The van der Waals surface area contributed by atoms with E-state index in [0.717, 1.165) is 10.6 Å². The highest BCUT2D eigenvalue weighted by atomic mass is 32.1. The van der Waals surface area contributed by atoms with Crippen molar-refractivity contribution in [1.29, 1.82) is 0 Å². The Balaban J connectivity index is 1.81. The molecule has 0 saturated carbocycles. The number of nitrogens with zero attached hydrogens (tertiary/aromatic N) is 2. The molecular weight excluding hydrogens is 274 g/mol. The zero-order valence-electron chi connectivity index (χ0n) is 11.5. The Morgan fingerprint density at radius 1 is 1.55 bits per heavy atom. The molecule has 5 nitrogen and oxygen atoms in total. The van der Waals surface area contributed by atoms with Crippen molar-refractivity contribution in [2.45, 2.75) is 19.9 Å². The standard InChI is InChI=1S/C14H17N3O2S/c1-9-8-19-6-5-17(9)14(18)12-7-11(15-16-12)13-4-3-10(2)20-13/h3-4,7,9H,5-6,8H2,1-2H3,(H,15,16)/t9-/m1/s1. The number of carbonyl (C=O) groups excluding carboxylic acids is 1. The molecule has 0 aromatic carbocycles. The van der Waals surface area contributed by atoms with E-state index >= 15 is 0 Å². The lowest BCUT2D eigenvalue weighted by molar-refractivity contribution is 0.00327. The van der Waals surface area contributed by atoms with Crippen molar-refractivity contribution in [3.8, 4) is 10.6 Å². The van der Waals surface area contributed by atoms with Gasteiger partial charge in [-0.3, -0.25) is 9.89 Å². The van der Waals surface area contributed by atoms with Crippen molar-refractivity contribution in [2.24, 2.45) is 0 Å². The largest absolute Gasteiger partial charge is 0.377 e. The summed E-state index contributed by atoms with van der Waals surface area (Å²) in [5.74, 6) is -0.0309. The van der Waals surface area contributed by atoms with E-state index in [-0.39, 0.29) is 11.9 Å². The number of thiophene rings is 1. The maximum atomic E-state index is 12.5. The summed E-state index contributed by atoms with van der Waals surface area (Å²) in [7, 11) is 0. The summed E-state index contributed by atoms with van der Waals surface area (Å²) in [6.07, 6.45) is 0. The molecule has 2 aromatic heterocycles. The number of amides is 1. The molecule has 1 fully saturated rings. The van der Waals surface area contributed by atoms with Gasteiger partial charge in [-0.15, -0.1) is 11.3 Å². The molecule has 106 valence electrons. The molecule has 0 radical (unpaired) electrons. The van der Waals surface area contributed by atoms with Gasteiger partial charge in [0.2, 0.25) is 0 Å². The van der Waals surface area contributed by atoms with E-state index in [4.69, 9.17) is 4.74 Å². The van der Waals surface area contributed by atoms with Crippen LogP contribution in [0.15, 0.2) is 18.2 Å². The lowest BCUT2D eigenvalue weighted by Crippen LogP contribution is -2.47.